The van der Waals surface area contributed by atoms with E-state index in [0.29, 0.717) is 0 Å². The summed E-state index contributed by atoms with van der Waals surface area (Å²) in [5.74, 6) is 0. The lowest BCUT2D eigenvalue weighted by Gasteiger charge is -2.32. The molecule has 2 aliphatic carbocycles. The molecule has 0 N–H and O–H groups in total. The largest absolute Gasteiger partial charge is 0.310 e. The molecule has 258 valence electrons. The number of anilines is 6. The number of nitrogens with zero attached hydrogens (tertiary/aromatic N) is 2. The van der Waals surface area contributed by atoms with Gasteiger partial charge in [-0.05, 0) is 128 Å². The zero-order valence-electron chi connectivity index (χ0n) is 30.2. The summed E-state index contributed by atoms with van der Waals surface area (Å²) < 4.78 is 0. The fourth-order valence-corrected chi connectivity index (χ4v) is 9.34. The fraction of sp³-hybridized carbons (Fsp3) is 0.0189. The predicted molar refractivity (Wildman–Crippen MR) is 230 cm³/mol. The first kappa shape index (κ1) is 31.4. The van der Waals surface area contributed by atoms with Gasteiger partial charge in [0.15, 0.2) is 0 Å². The molecular weight excluding hydrogens is 665 g/mol. The Hall–Kier alpha value is -7.16. The third-order valence-corrected chi connectivity index (χ3v) is 11.6. The third-order valence-electron chi connectivity index (χ3n) is 11.6. The van der Waals surface area contributed by atoms with Crippen molar-refractivity contribution in [2.75, 3.05) is 9.80 Å². The summed E-state index contributed by atoms with van der Waals surface area (Å²) in [6.07, 6.45) is 0. The highest BCUT2D eigenvalue weighted by atomic mass is 15.1. The van der Waals surface area contributed by atoms with Gasteiger partial charge in [0.25, 0.3) is 0 Å². The minimum atomic E-state index is -0.484. The topological polar surface area (TPSA) is 6.48 Å². The highest BCUT2D eigenvalue weighted by molar-refractivity contribution is 5.98. The van der Waals surface area contributed by atoms with Gasteiger partial charge in [0.1, 0.15) is 0 Å². The maximum Gasteiger partial charge on any atom is 0.0726 e. The Bertz CT molecular complexity index is 2840. The lowest BCUT2D eigenvalue weighted by Crippen LogP contribution is -2.26. The van der Waals surface area contributed by atoms with Crippen LogP contribution in [0.1, 0.15) is 22.3 Å². The monoisotopic (exact) mass is 700 g/mol. The first-order valence-corrected chi connectivity index (χ1v) is 19.0. The number of hydrogen-bond acceptors (Lipinski definition) is 2. The third kappa shape index (κ3) is 4.75. The van der Waals surface area contributed by atoms with Crippen LogP contribution in [-0.4, -0.2) is 0 Å². The molecule has 0 aliphatic heterocycles. The molecule has 9 aromatic carbocycles. The lowest BCUT2D eigenvalue weighted by atomic mass is 9.70. The average molecular weight is 701 g/mol. The van der Waals surface area contributed by atoms with Crippen LogP contribution < -0.4 is 9.80 Å². The van der Waals surface area contributed by atoms with E-state index in [1.54, 1.807) is 0 Å². The molecule has 2 nitrogen and oxygen atoms in total. The molecular formula is C53H36N2. The summed E-state index contributed by atoms with van der Waals surface area (Å²) in [5, 5.41) is 2.46. The number of hydrogen-bond donors (Lipinski definition) is 0. The van der Waals surface area contributed by atoms with Crippen molar-refractivity contribution in [2.24, 2.45) is 0 Å². The lowest BCUT2D eigenvalue weighted by molar-refractivity contribution is 0.793. The fourth-order valence-electron chi connectivity index (χ4n) is 9.34. The Morgan fingerprint density at radius 1 is 0.236 bits per heavy atom. The second-order valence-corrected chi connectivity index (χ2v) is 14.5. The molecule has 0 amide bonds. The van der Waals surface area contributed by atoms with Crippen molar-refractivity contribution in [3.05, 3.63) is 241 Å². The van der Waals surface area contributed by atoms with E-state index < -0.39 is 5.41 Å². The SMILES string of the molecule is c1ccc(N(c2ccccc2)c2ccc3c(c2)-c2ccccc2C32c3ccccc3-c3ccc(N(c4ccccc4)c4ccc5ccccc5c4)cc32)cc1. The molecule has 11 rings (SSSR count). The number of rotatable bonds is 6. The molecule has 9 aromatic rings. The molecule has 0 heterocycles. The Morgan fingerprint density at radius 3 is 1.29 bits per heavy atom. The molecule has 0 fully saturated rings. The molecule has 2 heteroatoms. The van der Waals surface area contributed by atoms with Gasteiger partial charge in [0.2, 0.25) is 0 Å². The molecule has 1 atom stereocenters. The van der Waals surface area contributed by atoms with Crippen LogP contribution in [0.2, 0.25) is 0 Å². The second-order valence-electron chi connectivity index (χ2n) is 14.5. The van der Waals surface area contributed by atoms with Crippen LogP contribution in [0.25, 0.3) is 33.0 Å². The summed E-state index contributed by atoms with van der Waals surface area (Å²) in [4.78, 5) is 4.77. The highest BCUT2D eigenvalue weighted by Crippen LogP contribution is 2.64. The van der Waals surface area contributed by atoms with Crippen molar-refractivity contribution < 1.29 is 0 Å². The number of para-hydroxylation sites is 3. The van der Waals surface area contributed by atoms with Crippen molar-refractivity contribution in [3.63, 3.8) is 0 Å². The quantitative estimate of drug-likeness (QED) is 0.170. The van der Waals surface area contributed by atoms with Gasteiger partial charge in [0, 0.05) is 34.1 Å². The standard InChI is InChI=1S/C53H36N2/c1-4-18-39(19-5-1)54(40-20-6-2-7-21-40)43-31-33-51-48(35-43)46-25-13-15-27-50(46)53(51)49-26-14-12-24-45(49)47-32-30-44(36-52(47)53)55(41-22-8-3-9-23-41)42-29-28-37-16-10-11-17-38(37)34-42/h1-36H. The van der Waals surface area contributed by atoms with Gasteiger partial charge in [-0.15, -0.1) is 0 Å². The first-order valence-electron chi connectivity index (χ1n) is 19.0. The van der Waals surface area contributed by atoms with Gasteiger partial charge < -0.3 is 9.80 Å². The minimum absolute atomic E-state index is 0.484. The van der Waals surface area contributed by atoms with Crippen LogP contribution >= 0.6 is 0 Å². The highest BCUT2D eigenvalue weighted by Gasteiger charge is 2.52. The van der Waals surface area contributed by atoms with Crippen molar-refractivity contribution in [1.82, 2.24) is 0 Å². The van der Waals surface area contributed by atoms with Crippen LogP contribution in [0.5, 0.6) is 0 Å². The molecule has 0 radical (unpaired) electrons. The Balaban J connectivity index is 1.15. The van der Waals surface area contributed by atoms with E-state index in [1.807, 2.05) is 0 Å². The van der Waals surface area contributed by atoms with Crippen molar-refractivity contribution >= 4 is 44.9 Å². The Kier molecular flexibility index (Phi) is 7.11. The minimum Gasteiger partial charge on any atom is -0.310 e. The normalized spacial score (nSPS) is 14.6. The number of benzene rings is 9. The Labute approximate surface area is 321 Å². The van der Waals surface area contributed by atoms with E-state index >= 15 is 0 Å². The van der Waals surface area contributed by atoms with E-state index in [9.17, 15) is 0 Å². The first-order chi connectivity index (χ1) is 27.3. The van der Waals surface area contributed by atoms with Gasteiger partial charge in [-0.1, -0.05) is 146 Å². The average Bonchev–Trinajstić information content (AvgIpc) is 3.72. The van der Waals surface area contributed by atoms with Crippen LogP contribution in [0.3, 0.4) is 0 Å². The molecule has 2 aliphatic rings. The van der Waals surface area contributed by atoms with Crippen LogP contribution in [0.15, 0.2) is 218 Å². The smallest absolute Gasteiger partial charge is 0.0726 e. The van der Waals surface area contributed by atoms with Gasteiger partial charge in [-0.25, -0.2) is 0 Å². The van der Waals surface area contributed by atoms with E-state index in [-0.39, 0.29) is 0 Å². The van der Waals surface area contributed by atoms with E-state index in [0.717, 1.165) is 34.1 Å². The van der Waals surface area contributed by atoms with E-state index in [2.05, 4.69) is 228 Å². The maximum atomic E-state index is 2.47. The molecule has 1 spiro atoms. The zero-order chi connectivity index (χ0) is 36.3. The van der Waals surface area contributed by atoms with Gasteiger partial charge in [-0.3, -0.25) is 0 Å². The molecule has 55 heavy (non-hydrogen) atoms. The van der Waals surface area contributed by atoms with Crippen molar-refractivity contribution in [3.8, 4) is 22.3 Å². The maximum absolute atomic E-state index is 2.47. The summed E-state index contributed by atoms with van der Waals surface area (Å²) in [6, 6.07) is 80.0. The van der Waals surface area contributed by atoms with Crippen LogP contribution in [-0.2, 0) is 5.41 Å². The van der Waals surface area contributed by atoms with E-state index in [4.69, 9.17) is 0 Å². The summed E-state index contributed by atoms with van der Waals surface area (Å²) in [5.41, 5.74) is 16.7. The van der Waals surface area contributed by atoms with E-state index in [1.165, 1.54) is 55.3 Å². The summed E-state index contributed by atoms with van der Waals surface area (Å²) >= 11 is 0. The second kappa shape index (κ2) is 12.5. The zero-order valence-corrected chi connectivity index (χ0v) is 30.2. The van der Waals surface area contributed by atoms with Gasteiger partial charge >= 0.3 is 0 Å². The van der Waals surface area contributed by atoms with Gasteiger partial charge in [-0.2, -0.15) is 0 Å². The summed E-state index contributed by atoms with van der Waals surface area (Å²) in [6.45, 7) is 0. The predicted octanol–water partition coefficient (Wildman–Crippen LogP) is 14.1. The molecule has 0 bridgehead atoms. The molecule has 1 unspecified atom stereocenters. The summed E-state index contributed by atoms with van der Waals surface area (Å²) in [7, 11) is 0. The Morgan fingerprint density at radius 2 is 0.655 bits per heavy atom. The van der Waals surface area contributed by atoms with Crippen LogP contribution in [0, 0.1) is 0 Å². The number of fused-ring (bicyclic) bond motifs is 11. The molecule has 0 saturated heterocycles. The van der Waals surface area contributed by atoms with Crippen LogP contribution in [0.4, 0.5) is 34.1 Å². The van der Waals surface area contributed by atoms with Crippen molar-refractivity contribution in [2.45, 2.75) is 5.41 Å². The molecule has 0 aromatic heterocycles. The van der Waals surface area contributed by atoms with Gasteiger partial charge in [0.05, 0.1) is 5.41 Å². The molecule has 0 saturated carbocycles. The van der Waals surface area contributed by atoms with Crippen molar-refractivity contribution in [1.29, 1.82) is 0 Å².